The summed E-state index contributed by atoms with van der Waals surface area (Å²) in [5.74, 6) is -0.472. The highest BCUT2D eigenvalue weighted by Crippen LogP contribution is 2.23. The zero-order chi connectivity index (χ0) is 25.1. The molecule has 6 nitrogen and oxygen atoms in total. The quantitative estimate of drug-likeness (QED) is 0.181. The van der Waals surface area contributed by atoms with E-state index in [4.69, 9.17) is 46.4 Å². The summed E-state index contributed by atoms with van der Waals surface area (Å²) in [4.78, 5) is 24.3. The van der Waals surface area contributed by atoms with Crippen LogP contribution in [-0.2, 0) is 9.59 Å². The number of carbonyl (C=O) groups excluding carboxylic acids is 2. The second-order valence-electron chi connectivity index (χ2n) is 7.35. The van der Waals surface area contributed by atoms with Crippen LogP contribution < -0.4 is 10.9 Å². The molecule has 0 atom stereocenters. The number of hydrazone groups is 2. The van der Waals surface area contributed by atoms with Gasteiger partial charge in [0.05, 0.1) is 21.5 Å². The van der Waals surface area contributed by atoms with Crippen molar-refractivity contribution in [1.29, 1.82) is 0 Å². The van der Waals surface area contributed by atoms with Crippen LogP contribution in [0.3, 0.4) is 0 Å². The number of benzene rings is 2. The molecular weight excluding hydrogens is 518 g/mol. The van der Waals surface area contributed by atoms with Crippen molar-refractivity contribution in [2.45, 2.75) is 52.4 Å². The van der Waals surface area contributed by atoms with Crippen LogP contribution in [0, 0.1) is 0 Å². The molecule has 0 bridgehead atoms. The van der Waals surface area contributed by atoms with Gasteiger partial charge >= 0.3 is 0 Å². The van der Waals surface area contributed by atoms with E-state index in [2.05, 4.69) is 21.1 Å². The van der Waals surface area contributed by atoms with E-state index in [0.717, 1.165) is 11.1 Å². The Morgan fingerprint density at radius 2 is 1.09 bits per heavy atom. The minimum absolute atomic E-state index is 0.236. The molecule has 0 aromatic heterocycles. The predicted molar refractivity (Wildman–Crippen MR) is 141 cm³/mol. The van der Waals surface area contributed by atoms with Crippen LogP contribution in [0.25, 0.3) is 0 Å². The predicted octanol–water partition coefficient (Wildman–Crippen LogP) is 7.02. The van der Waals surface area contributed by atoms with Gasteiger partial charge in [-0.2, -0.15) is 10.2 Å². The van der Waals surface area contributed by atoms with Gasteiger partial charge < -0.3 is 0 Å². The normalized spacial score (nSPS) is 11.9. The van der Waals surface area contributed by atoms with Crippen molar-refractivity contribution >= 4 is 69.6 Å². The van der Waals surface area contributed by atoms with Crippen molar-refractivity contribution in [3.05, 3.63) is 67.6 Å². The average Bonchev–Trinajstić information content (AvgIpc) is 2.79. The maximum Gasteiger partial charge on any atom is 0.240 e. The van der Waals surface area contributed by atoms with Crippen LogP contribution in [-0.4, -0.2) is 23.2 Å². The summed E-state index contributed by atoms with van der Waals surface area (Å²) in [5, 5.41) is 10.4. The lowest BCUT2D eigenvalue weighted by atomic mass is 10.1. The van der Waals surface area contributed by atoms with E-state index in [1.165, 1.54) is 0 Å². The van der Waals surface area contributed by atoms with E-state index in [1.807, 2.05) is 13.8 Å². The molecule has 0 saturated heterocycles. The van der Waals surface area contributed by atoms with Gasteiger partial charge in [-0.15, -0.1) is 0 Å². The molecule has 2 aromatic carbocycles. The first-order valence-electron chi connectivity index (χ1n) is 10.9. The Bertz CT molecular complexity index is 1000. The second-order valence-corrected chi connectivity index (χ2v) is 9.04. The lowest BCUT2D eigenvalue weighted by Crippen LogP contribution is -2.21. The minimum atomic E-state index is -0.236. The Labute approximate surface area is 219 Å². The van der Waals surface area contributed by atoms with Gasteiger partial charge in [0.1, 0.15) is 0 Å². The van der Waals surface area contributed by atoms with Crippen LogP contribution in [0.5, 0.6) is 0 Å². The molecule has 0 aliphatic carbocycles. The van der Waals surface area contributed by atoms with E-state index >= 15 is 0 Å². The fourth-order valence-corrected chi connectivity index (χ4v) is 4.08. The van der Waals surface area contributed by atoms with Gasteiger partial charge in [0.15, 0.2) is 0 Å². The van der Waals surface area contributed by atoms with Gasteiger partial charge in [-0.3, -0.25) is 9.59 Å². The SMILES string of the molecule is CC/C(=N/NC(=O)CCCCC(=O)N/N=C(/CC)c1ccc(Cl)cc1Cl)c1ccc(Cl)cc1Cl. The molecule has 0 radical (unpaired) electrons. The van der Waals surface area contributed by atoms with Crippen molar-refractivity contribution in [2.75, 3.05) is 0 Å². The van der Waals surface area contributed by atoms with Crippen LogP contribution in [0.15, 0.2) is 46.6 Å². The zero-order valence-electron chi connectivity index (χ0n) is 18.9. The summed E-state index contributed by atoms with van der Waals surface area (Å²) in [6.07, 6.45) is 2.72. The molecule has 10 heteroatoms. The molecule has 0 saturated carbocycles. The second kappa shape index (κ2) is 14.3. The largest absolute Gasteiger partial charge is 0.273 e. The Morgan fingerprint density at radius 3 is 1.41 bits per heavy atom. The van der Waals surface area contributed by atoms with Gasteiger partial charge in [-0.25, -0.2) is 10.9 Å². The van der Waals surface area contributed by atoms with Crippen LogP contribution in [0.4, 0.5) is 0 Å². The van der Waals surface area contributed by atoms with E-state index in [1.54, 1.807) is 36.4 Å². The van der Waals surface area contributed by atoms with Crippen molar-refractivity contribution < 1.29 is 9.59 Å². The third-order valence-electron chi connectivity index (χ3n) is 4.84. The molecule has 2 amide bonds. The van der Waals surface area contributed by atoms with Crippen LogP contribution in [0.2, 0.25) is 20.1 Å². The van der Waals surface area contributed by atoms with Gasteiger partial charge in [-0.05, 0) is 49.9 Å². The first-order chi connectivity index (χ1) is 16.2. The summed E-state index contributed by atoms with van der Waals surface area (Å²) in [6, 6.07) is 10.2. The number of unbranched alkanes of at least 4 members (excludes halogenated alkanes) is 1. The fraction of sp³-hybridized carbons (Fsp3) is 0.333. The number of nitrogens with one attached hydrogen (secondary N) is 2. The molecule has 2 rings (SSSR count). The molecule has 0 aliphatic heterocycles. The van der Waals surface area contributed by atoms with Crippen molar-refractivity contribution in [2.24, 2.45) is 10.2 Å². The first kappa shape index (κ1) is 28.1. The highest BCUT2D eigenvalue weighted by atomic mass is 35.5. The third kappa shape index (κ3) is 8.91. The molecule has 0 spiro atoms. The van der Waals surface area contributed by atoms with Gasteiger partial charge in [-0.1, -0.05) is 72.4 Å². The van der Waals surface area contributed by atoms with E-state index in [-0.39, 0.29) is 24.7 Å². The summed E-state index contributed by atoms with van der Waals surface area (Å²) >= 11 is 24.3. The maximum absolute atomic E-state index is 12.1. The summed E-state index contributed by atoms with van der Waals surface area (Å²) in [6.45, 7) is 3.84. The number of carbonyl (C=O) groups is 2. The number of nitrogens with zero attached hydrogens (tertiary/aromatic N) is 2. The number of hydrogen-bond acceptors (Lipinski definition) is 4. The highest BCUT2D eigenvalue weighted by Gasteiger charge is 2.10. The Hall–Kier alpha value is -2.12. The molecule has 0 fully saturated rings. The number of amides is 2. The molecule has 2 N–H and O–H groups in total. The number of rotatable bonds is 11. The first-order valence-corrected chi connectivity index (χ1v) is 12.4. The van der Waals surface area contributed by atoms with E-state index < -0.39 is 0 Å². The molecule has 0 heterocycles. The fourth-order valence-electron chi connectivity index (χ4n) is 3.05. The lowest BCUT2D eigenvalue weighted by molar-refractivity contribution is -0.123. The monoisotopic (exact) mass is 542 g/mol. The summed E-state index contributed by atoms with van der Waals surface area (Å²) in [5.41, 5.74) is 7.85. The van der Waals surface area contributed by atoms with Crippen molar-refractivity contribution in [3.8, 4) is 0 Å². The smallest absolute Gasteiger partial charge is 0.240 e. The van der Waals surface area contributed by atoms with Gasteiger partial charge in [0.2, 0.25) is 11.8 Å². The van der Waals surface area contributed by atoms with Gasteiger partial charge in [0.25, 0.3) is 0 Å². The van der Waals surface area contributed by atoms with E-state index in [9.17, 15) is 9.59 Å². The summed E-state index contributed by atoms with van der Waals surface area (Å²) in [7, 11) is 0. The molecule has 0 unspecified atom stereocenters. The average molecular weight is 544 g/mol. The lowest BCUT2D eigenvalue weighted by Gasteiger charge is -2.08. The number of halogens is 4. The maximum atomic E-state index is 12.1. The molecule has 0 aliphatic rings. The summed E-state index contributed by atoms with van der Waals surface area (Å²) < 4.78 is 0. The highest BCUT2D eigenvalue weighted by molar-refractivity contribution is 6.37. The van der Waals surface area contributed by atoms with E-state index in [0.29, 0.717) is 57.2 Å². The van der Waals surface area contributed by atoms with Crippen molar-refractivity contribution in [3.63, 3.8) is 0 Å². The van der Waals surface area contributed by atoms with Crippen molar-refractivity contribution in [1.82, 2.24) is 10.9 Å². The topological polar surface area (TPSA) is 82.9 Å². The zero-order valence-corrected chi connectivity index (χ0v) is 22.0. The number of hydrogen-bond donors (Lipinski definition) is 2. The molecule has 182 valence electrons. The Kier molecular flexibility index (Phi) is 11.8. The Balaban J connectivity index is 1.78. The van der Waals surface area contributed by atoms with Gasteiger partial charge in [0, 0.05) is 34.0 Å². The standard InChI is InChI=1S/C24H26Cl4N4O2/c1-3-21(17-11-9-15(25)13-19(17)27)29-31-23(33)7-5-6-8-24(34)32-30-22(4-2)18-12-10-16(26)14-20(18)28/h9-14H,3-8H2,1-2H3,(H,31,33)(H,32,34)/b29-21-,30-22-. The molecule has 2 aromatic rings. The third-order valence-corrected chi connectivity index (χ3v) is 5.94. The molecular formula is C24H26Cl4N4O2. The van der Waals surface area contributed by atoms with Crippen LogP contribution in [0.1, 0.15) is 63.5 Å². The minimum Gasteiger partial charge on any atom is -0.273 e. The Morgan fingerprint density at radius 1 is 0.706 bits per heavy atom. The molecule has 34 heavy (non-hydrogen) atoms. The van der Waals surface area contributed by atoms with Crippen LogP contribution >= 0.6 is 46.4 Å².